The Morgan fingerprint density at radius 2 is 1.40 bits per heavy atom. The molecule has 4 aliphatic heterocycles. The molecule has 0 saturated carbocycles. The number of hydrogen-bond acceptors (Lipinski definition) is 9. The van der Waals surface area contributed by atoms with E-state index in [1.165, 1.54) is 0 Å². The zero-order valence-corrected chi connectivity index (χ0v) is 40.3. The molecule has 328 valence electrons. The van der Waals surface area contributed by atoms with Crippen molar-refractivity contribution in [2.45, 2.75) is 190 Å². The predicted octanol–water partition coefficient (Wildman–Crippen LogP) is 10.3. The molecule has 0 spiro atoms. The topological polar surface area (TPSA) is 98.8 Å². The zero-order chi connectivity index (χ0) is 42.7. The van der Waals surface area contributed by atoms with Crippen molar-refractivity contribution in [1.29, 1.82) is 0 Å². The highest BCUT2D eigenvalue weighted by molar-refractivity contribution is 7.91. The molecule has 12 heteroatoms. The van der Waals surface area contributed by atoms with Crippen LogP contribution in [0.4, 0.5) is 0 Å². The molecule has 1 aromatic carbocycles. The van der Waals surface area contributed by atoms with Crippen LogP contribution in [0.1, 0.15) is 99.3 Å². The SMILES string of the molecule is C=C1C[C@H](CCC2OCCO2)O[C@H]1CC[C@H]1CCC(=C)[C@@H](C[C@@H]2O[C@H](CC(CO[Si](C)(C)C(C)(C)C)O[Si](C)(C)C(C)(C)C)C(=C)[C@H]2CS(=O)(=O)c2ccccc2)O1. The Labute approximate surface area is 353 Å². The summed E-state index contributed by atoms with van der Waals surface area (Å²) in [5.41, 5.74) is 2.97. The lowest BCUT2D eigenvalue weighted by Crippen LogP contribution is -2.48. The van der Waals surface area contributed by atoms with Crippen molar-refractivity contribution in [3.8, 4) is 0 Å². The van der Waals surface area contributed by atoms with Crippen LogP contribution >= 0.6 is 0 Å². The van der Waals surface area contributed by atoms with E-state index < -0.39 is 44.6 Å². The van der Waals surface area contributed by atoms with Crippen LogP contribution in [0.15, 0.2) is 71.7 Å². The molecule has 4 saturated heterocycles. The second-order valence-electron chi connectivity index (χ2n) is 20.4. The van der Waals surface area contributed by atoms with Crippen LogP contribution in [0, 0.1) is 5.92 Å². The molecule has 0 amide bonds. The monoisotopic (exact) mass is 860 g/mol. The Morgan fingerprint density at radius 3 is 2.03 bits per heavy atom. The van der Waals surface area contributed by atoms with Crippen LogP contribution in [-0.2, 0) is 42.4 Å². The van der Waals surface area contributed by atoms with E-state index in [0.717, 1.165) is 61.7 Å². The molecule has 58 heavy (non-hydrogen) atoms. The summed E-state index contributed by atoms with van der Waals surface area (Å²) in [6.45, 7) is 37.7. The minimum absolute atomic E-state index is 0.00147. The highest BCUT2D eigenvalue weighted by Crippen LogP contribution is 2.44. The molecule has 4 fully saturated rings. The van der Waals surface area contributed by atoms with E-state index in [1.807, 2.05) is 6.07 Å². The smallest absolute Gasteiger partial charge is 0.192 e. The fraction of sp³-hybridized carbons (Fsp3) is 0.739. The largest absolute Gasteiger partial charge is 0.414 e. The Hall–Kier alpha value is -1.46. The van der Waals surface area contributed by atoms with Crippen LogP contribution in [0.5, 0.6) is 0 Å². The van der Waals surface area contributed by atoms with Gasteiger partial charge in [-0.1, -0.05) is 79.5 Å². The standard InChI is InChI=1S/C46H76O9SSi2/c1-32-19-20-35(21-23-40-33(2)27-36(53-40)22-24-44-49-25-26-50-44)52-41(32)29-43-39(31-56(47,48)38-17-15-14-16-18-38)34(3)42(54-43)28-37(55-58(12,13)46(7,8)9)30-51-57(10,11)45(4,5)6/h14-18,35-37,39-44H,1-3,19-31H2,4-13H3/t35-,36+,37?,39-,40+,41-,42-,43+/m1/s1. The summed E-state index contributed by atoms with van der Waals surface area (Å²) in [7, 11) is -7.94. The quantitative estimate of drug-likeness (QED) is 0.106. The number of hydrogen-bond donors (Lipinski definition) is 0. The fourth-order valence-electron chi connectivity index (χ4n) is 8.00. The molecule has 8 atom stereocenters. The number of sulfone groups is 1. The van der Waals surface area contributed by atoms with Gasteiger partial charge < -0.3 is 32.5 Å². The van der Waals surface area contributed by atoms with Crippen molar-refractivity contribution in [1.82, 2.24) is 0 Å². The van der Waals surface area contributed by atoms with E-state index in [-0.39, 0.29) is 52.6 Å². The molecule has 1 unspecified atom stereocenters. The summed E-state index contributed by atoms with van der Waals surface area (Å²) in [4.78, 5) is 0.309. The maximum Gasteiger partial charge on any atom is 0.192 e. The Morgan fingerprint density at radius 1 is 0.776 bits per heavy atom. The van der Waals surface area contributed by atoms with Gasteiger partial charge in [0.15, 0.2) is 32.8 Å². The summed E-state index contributed by atoms with van der Waals surface area (Å²) in [6, 6.07) is 8.71. The van der Waals surface area contributed by atoms with Gasteiger partial charge in [0.05, 0.1) is 73.2 Å². The van der Waals surface area contributed by atoms with Gasteiger partial charge >= 0.3 is 0 Å². The van der Waals surface area contributed by atoms with Crippen molar-refractivity contribution >= 4 is 26.5 Å². The molecular weight excluding hydrogens is 785 g/mol. The zero-order valence-electron chi connectivity index (χ0n) is 37.5. The van der Waals surface area contributed by atoms with Gasteiger partial charge in [-0.2, -0.15) is 0 Å². The van der Waals surface area contributed by atoms with E-state index in [1.54, 1.807) is 24.3 Å². The van der Waals surface area contributed by atoms with Crippen molar-refractivity contribution in [3.63, 3.8) is 0 Å². The average Bonchev–Trinajstić information content (AvgIpc) is 3.86. The fourth-order valence-corrected chi connectivity index (χ4v) is 12.1. The summed E-state index contributed by atoms with van der Waals surface area (Å²) < 4.78 is 73.3. The lowest BCUT2D eigenvalue weighted by molar-refractivity contribution is -0.0692. The van der Waals surface area contributed by atoms with Crippen LogP contribution in [0.3, 0.4) is 0 Å². The van der Waals surface area contributed by atoms with Crippen LogP contribution < -0.4 is 0 Å². The molecule has 0 aromatic heterocycles. The molecule has 9 nitrogen and oxygen atoms in total. The third kappa shape index (κ3) is 12.3. The first-order valence-corrected chi connectivity index (χ1v) is 29.3. The van der Waals surface area contributed by atoms with Gasteiger partial charge in [0.2, 0.25) is 0 Å². The lowest BCUT2D eigenvalue weighted by atomic mass is 9.88. The van der Waals surface area contributed by atoms with E-state index in [9.17, 15) is 8.42 Å². The van der Waals surface area contributed by atoms with Gasteiger partial charge in [-0.15, -0.1) is 0 Å². The van der Waals surface area contributed by atoms with Crippen LogP contribution in [-0.4, -0.2) is 99.6 Å². The van der Waals surface area contributed by atoms with E-state index >= 15 is 0 Å². The number of rotatable bonds is 18. The number of ether oxygens (including phenoxy) is 5. The van der Waals surface area contributed by atoms with Gasteiger partial charge in [0.25, 0.3) is 0 Å². The van der Waals surface area contributed by atoms with Crippen molar-refractivity contribution in [3.05, 3.63) is 66.8 Å². The molecule has 0 bridgehead atoms. The van der Waals surface area contributed by atoms with E-state index in [4.69, 9.17) is 32.5 Å². The molecule has 4 heterocycles. The second-order valence-corrected chi connectivity index (χ2v) is 32.0. The predicted molar refractivity (Wildman–Crippen MR) is 238 cm³/mol. The maximum absolute atomic E-state index is 14.0. The van der Waals surface area contributed by atoms with Gasteiger partial charge in [-0.05, 0) is 104 Å². The average molecular weight is 861 g/mol. The molecule has 5 rings (SSSR count). The summed E-state index contributed by atoms with van der Waals surface area (Å²) in [6.07, 6.45) is 5.84. The third-order valence-corrected chi connectivity index (χ3v) is 24.7. The Balaban J connectivity index is 1.29. The normalized spacial score (nSPS) is 28.8. The Bertz CT molecular complexity index is 1660. The second kappa shape index (κ2) is 19.3. The maximum atomic E-state index is 14.0. The highest BCUT2D eigenvalue weighted by Gasteiger charge is 2.47. The minimum atomic E-state index is -3.64. The Kier molecular flexibility index (Phi) is 15.8. The van der Waals surface area contributed by atoms with Crippen LogP contribution in [0.25, 0.3) is 0 Å². The van der Waals surface area contributed by atoms with Crippen molar-refractivity contribution in [2.75, 3.05) is 25.6 Å². The first kappa shape index (κ1) is 47.6. The molecular formula is C46H76O9SSi2. The minimum Gasteiger partial charge on any atom is -0.414 e. The number of benzene rings is 1. The van der Waals surface area contributed by atoms with Crippen molar-refractivity contribution < 1.29 is 41.0 Å². The first-order chi connectivity index (χ1) is 27.0. The molecule has 0 radical (unpaired) electrons. The lowest BCUT2D eigenvalue weighted by Gasteiger charge is -2.42. The summed E-state index contributed by atoms with van der Waals surface area (Å²) in [5, 5.41) is 0.0452. The van der Waals surface area contributed by atoms with Gasteiger partial charge in [0, 0.05) is 25.2 Å². The molecule has 4 aliphatic rings. The first-order valence-electron chi connectivity index (χ1n) is 21.8. The van der Waals surface area contributed by atoms with Gasteiger partial charge in [-0.3, -0.25) is 0 Å². The summed E-state index contributed by atoms with van der Waals surface area (Å²) in [5.74, 6) is -0.510. The summed E-state index contributed by atoms with van der Waals surface area (Å²) >= 11 is 0. The van der Waals surface area contributed by atoms with Gasteiger partial charge in [0.1, 0.15) is 0 Å². The molecule has 0 N–H and O–H groups in total. The third-order valence-electron chi connectivity index (χ3n) is 13.9. The molecule has 1 aromatic rings. The molecule has 0 aliphatic carbocycles. The van der Waals surface area contributed by atoms with Crippen LogP contribution in [0.2, 0.25) is 36.3 Å². The van der Waals surface area contributed by atoms with E-state index in [2.05, 4.69) is 87.5 Å². The van der Waals surface area contributed by atoms with Crippen molar-refractivity contribution in [2.24, 2.45) is 5.92 Å². The van der Waals surface area contributed by atoms with E-state index in [0.29, 0.717) is 37.6 Å². The highest BCUT2D eigenvalue weighted by atomic mass is 32.2. The van der Waals surface area contributed by atoms with Gasteiger partial charge in [-0.25, -0.2) is 8.42 Å².